The summed E-state index contributed by atoms with van der Waals surface area (Å²) in [6.45, 7) is 1.51. The second kappa shape index (κ2) is 7.63. The lowest BCUT2D eigenvalue weighted by Gasteiger charge is -2.03. The van der Waals surface area contributed by atoms with Gasteiger partial charge in [0.25, 0.3) is 0 Å². The summed E-state index contributed by atoms with van der Waals surface area (Å²) in [5, 5.41) is 5.08. The number of hydrogen-bond donors (Lipinski definition) is 1. The fraction of sp³-hybridized carbons (Fsp3) is 0.0714. The van der Waals surface area contributed by atoms with Crippen LogP contribution in [0.3, 0.4) is 0 Å². The van der Waals surface area contributed by atoms with Crippen LogP contribution in [0.2, 0.25) is 0 Å². The Hall–Kier alpha value is -1.75. The zero-order valence-corrected chi connectivity index (χ0v) is 11.7. The SMILES string of the molecule is CC(=O)Nc1ccc2ccccc2c1.FC=C(F)Br. The molecule has 2 aromatic carbocycles. The lowest BCUT2D eigenvalue weighted by molar-refractivity contribution is -0.114. The number of benzene rings is 2. The zero-order valence-electron chi connectivity index (χ0n) is 10.2. The summed E-state index contributed by atoms with van der Waals surface area (Å²) in [4.78, 5) is 10.8. The van der Waals surface area contributed by atoms with E-state index in [1.165, 1.54) is 12.3 Å². The van der Waals surface area contributed by atoms with Crippen molar-refractivity contribution in [2.75, 3.05) is 5.32 Å². The third-order valence-electron chi connectivity index (χ3n) is 2.15. The van der Waals surface area contributed by atoms with E-state index in [4.69, 9.17) is 0 Å². The summed E-state index contributed by atoms with van der Waals surface area (Å²) in [5.74, 6) is -0.0414. The van der Waals surface area contributed by atoms with Crippen LogP contribution in [0, 0.1) is 0 Å². The Balaban J connectivity index is 0.000000312. The Morgan fingerprint density at radius 3 is 2.32 bits per heavy atom. The molecule has 19 heavy (non-hydrogen) atoms. The monoisotopic (exact) mass is 327 g/mol. The van der Waals surface area contributed by atoms with Crippen molar-refractivity contribution in [1.82, 2.24) is 0 Å². The van der Waals surface area contributed by atoms with Gasteiger partial charge < -0.3 is 5.32 Å². The Kier molecular flexibility index (Phi) is 6.15. The maximum atomic E-state index is 10.8. The smallest absolute Gasteiger partial charge is 0.221 e. The Morgan fingerprint density at radius 2 is 1.79 bits per heavy atom. The van der Waals surface area contributed by atoms with Crippen molar-refractivity contribution in [3.63, 3.8) is 0 Å². The quantitative estimate of drug-likeness (QED) is 0.791. The third-order valence-corrected chi connectivity index (χ3v) is 2.33. The van der Waals surface area contributed by atoms with Gasteiger partial charge in [-0.1, -0.05) is 30.3 Å². The molecule has 0 radical (unpaired) electrons. The number of nitrogens with one attached hydrogen (secondary N) is 1. The molecule has 0 aliphatic rings. The van der Waals surface area contributed by atoms with Gasteiger partial charge >= 0.3 is 0 Å². The minimum Gasteiger partial charge on any atom is -0.326 e. The predicted octanol–water partition coefficient (Wildman–Crippen LogP) is 4.92. The molecule has 2 rings (SSSR count). The number of halogens is 3. The molecule has 0 unspecified atom stereocenters. The van der Waals surface area contributed by atoms with Gasteiger partial charge in [0, 0.05) is 12.6 Å². The maximum Gasteiger partial charge on any atom is 0.221 e. The summed E-state index contributed by atoms with van der Waals surface area (Å²) in [7, 11) is 0. The second-order valence-electron chi connectivity index (χ2n) is 3.64. The molecular weight excluding hydrogens is 316 g/mol. The Bertz CT molecular complexity index is 595. The summed E-state index contributed by atoms with van der Waals surface area (Å²) in [6.07, 6.45) is -0.167. The zero-order chi connectivity index (χ0) is 14.3. The van der Waals surface area contributed by atoms with Crippen molar-refractivity contribution in [3.8, 4) is 0 Å². The number of carbonyl (C=O) groups excluding carboxylic acids is 1. The third kappa shape index (κ3) is 5.61. The molecule has 0 bridgehead atoms. The van der Waals surface area contributed by atoms with E-state index >= 15 is 0 Å². The van der Waals surface area contributed by atoms with Crippen molar-refractivity contribution < 1.29 is 13.6 Å². The van der Waals surface area contributed by atoms with Gasteiger partial charge in [-0.25, -0.2) is 4.39 Å². The highest BCUT2D eigenvalue weighted by molar-refractivity contribution is 9.11. The lowest BCUT2D eigenvalue weighted by Crippen LogP contribution is -2.05. The Labute approximate surface area is 118 Å². The highest BCUT2D eigenvalue weighted by atomic mass is 79.9. The van der Waals surface area contributed by atoms with E-state index in [1.807, 2.05) is 42.5 Å². The predicted molar refractivity (Wildman–Crippen MR) is 77.5 cm³/mol. The topological polar surface area (TPSA) is 29.1 Å². The number of amides is 1. The summed E-state index contributed by atoms with van der Waals surface area (Å²) >= 11 is 2.19. The molecule has 0 aliphatic carbocycles. The van der Waals surface area contributed by atoms with E-state index in [2.05, 4.69) is 21.2 Å². The van der Waals surface area contributed by atoms with Gasteiger partial charge in [0.15, 0.2) is 4.74 Å². The summed E-state index contributed by atoms with van der Waals surface area (Å²) in [6, 6.07) is 13.9. The van der Waals surface area contributed by atoms with Crippen LogP contribution in [0.4, 0.5) is 14.5 Å². The van der Waals surface area contributed by atoms with Crippen LogP contribution in [0.5, 0.6) is 0 Å². The first-order chi connectivity index (χ1) is 9.02. The van der Waals surface area contributed by atoms with E-state index < -0.39 is 4.74 Å². The van der Waals surface area contributed by atoms with Crippen molar-refractivity contribution in [2.24, 2.45) is 0 Å². The van der Waals surface area contributed by atoms with Crippen LogP contribution in [-0.2, 0) is 4.79 Å². The normalized spacial score (nSPS) is 10.6. The molecule has 1 amide bonds. The maximum absolute atomic E-state index is 10.8. The molecule has 0 fully saturated rings. The number of anilines is 1. The summed E-state index contributed by atoms with van der Waals surface area (Å²) in [5.41, 5.74) is 0.844. The van der Waals surface area contributed by atoms with Crippen LogP contribution in [-0.4, -0.2) is 5.91 Å². The molecule has 0 aliphatic heterocycles. The lowest BCUT2D eigenvalue weighted by atomic mass is 10.1. The van der Waals surface area contributed by atoms with Crippen LogP contribution in [0.25, 0.3) is 10.8 Å². The van der Waals surface area contributed by atoms with Crippen molar-refractivity contribution >= 4 is 38.3 Å². The van der Waals surface area contributed by atoms with Gasteiger partial charge in [-0.2, -0.15) is 4.39 Å². The van der Waals surface area contributed by atoms with E-state index in [9.17, 15) is 13.6 Å². The fourth-order valence-electron chi connectivity index (χ4n) is 1.47. The van der Waals surface area contributed by atoms with Crippen molar-refractivity contribution in [1.29, 1.82) is 0 Å². The summed E-state index contributed by atoms with van der Waals surface area (Å²) < 4.78 is 20.4. The van der Waals surface area contributed by atoms with Crippen molar-refractivity contribution in [3.05, 3.63) is 53.5 Å². The Morgan fingerprint density at radius 1 is 1.21 bits per heavy atom. The minimum atomic E-state index is -0.975. The number of rotatable bonds is 1. The van der Waals surface area contributed by atoms with Crippen molar-refractivity contribution in [2.45, 2.75) is 6.92 Å². The molecule has 0 spiro atoms. The van der Waals surface area contributed by atoms with Crippen LogP contribution < -0.4 is 5.32 Å². The average molecular weight is 328 g/mol. The standard InChI is InChI=1S/C12H11NO.C2HBrF2/c1-9(14)13-12-7-6-10-4-2-3-5-11(10)8-12;3-2(5)1-4/h2-8H,1H3,(H,13,14);1H. The molecule has 0 atom stereocenters. The minimum absolute atomic E-state index is 0.0414. The van der Waals surface area contributed by atoms with Crippen LogP contribution >= 0.6 is 15.9 Å². The van der Waals surface area contributed by atoms with Gasteiger partial charge in [0.2, 0.25) is 5.91 Å². The second-order valence-corrected chi connectivity index (χ2v) is 4.40. The largest absolute Gasteiger partial charge is 0.326 e. The molecule has 0 aromatic heterocycles. The molecule has 2 aromatic rings. The molecule has 0 heterocycles. The van der Waals surface area contributed by atoms with Crippen LogP contribution in [0.1, 0.15) is 6.92 Å². The molecule has 1 N–H and O–H groups in total. The van der Waals surface area contributed by atoms with E-state index in [-0.39, 0.29) is 12.2 Å². The number of fused-ring (bicyclic) bond motifs is 1. The fourth-order valence-corrected chi connectivity index (χ4v) is 1.47. The van der Waals surface area contributed by atoms with E-state index in [0.717, 1.165) is 11.1 Å². The van der Waals surface area contributed by atoms with E-state index in [0.29, 0.717) is 0 Å². The first-order valence-corrected chi connectivity index (χ1v) is 6.20. The van der Waals surface area contributed by atoms with Gasteiger partial charge in [-0.05, 0) is 38.8 Å². The average Bonchev–Trinajstić information content (AvgIpc) is 2.38. The van der Waals surface area contributed by atoms with Gasteiger partial charge in [0.05, 0.1) is 0 Å². The van der Waals surface area contributed by atoms with Gasteiger partial charge in [-0.3, -0.25) is 4.79 Å². The number of carbonyl (C=O) groups is 1. The van der Waals surface area contributed by atoms with Crippen LogP contribution in [0.15, 0.2) is 53.5 Å². The molecule has 2 nitrogen and oxygen atoms in total. The van der Waals surface area contributed by atoms with Gasteiger partial charge in [0.1, 0.15) is 6.33 Å². The van der Waals surface area contributed by atoms with Gasteiger partial charge in [-0.15, -0.1) is 0 Å². The first-order valence-electron chi connectivity index (χ1n) is 5.40. The first kappa shape index (κ1) is 15.3. The molecule has 5 heteroatoms. The molecule has 0 saturated heterocycles. The highest BCUT2D eigenvalue weighted by Crippen LogP contribution is 2.18. The molecule has 0 saturated carbocycles. The molecule has 100 valence electrons. The highest BCUT2D eigenvalue weighted by Gasteiger charge is 1.96. The van der Waals surface area contributed by atoms with E-state index in [1.54, 1.807) is 0 Å². The molecular formula is C14H12BrF2NO. The number of hydrogen-bond acceptors (Lipinski definition) is 1.